The largest absolute Gasteiger partial charge is 0.399 e. The maximum absolute atomic E-state index is 11.8. The number of hydrogen-bond acceptors (Lipinski definition) is 5. The molecule has 1 aliphatic heterocycles. The van der Waals surface area contributed by atoms with Crippen molar-refractivity contribution in [3.05, 3.63) is 23.8 Å². The van der Waals surface area contributed by atoms with E-state index in [1.165, 1.54) is 0 Å². The second kappa shape index (κ2) is 7.12. The Labute approximate surface area is 119 Å². The first-order chi connectivity index (χ1) is 9.70. The minimum Gasteiger partial charge on any atom is -0.399 e. The van der Waals surface area contributed by atoms with Crippen molar-refractivity contribution in [2.45, 2.75) is 0 Å². The molecule has 6 heteroatoms. The molecular formula is C14H22N4O2. The van der Waals surface area contributed by atoms with Crippen LogP contribution in [0.1, 0.15) is 10.4 Å². The monoisotopic (exact) mass is 278 g/mol. The third-order valence-corrected chi connectivity index (χ3v) is 3.36. The van der Waals surface area contributed by atoms with Crippen molar-refractivity contribution in [2.24, 2.45) is 0 Å². The average molecular weight is 278 g/mol. The van der Waals surface area contributed by atoms with Crippen molar-refractivity contribution in [3.63, 3.8) is 0 Å². The van der Waals surface area contributed by atoms with E-state index in [4.69, 9.17) is 10.5 Å². The maximum Gasteiger partial charge on any atom is 0.253 e. The number of nitrogens with zero attached hydrogens (tertiary/aromatic N) is 1. The van der Waals surface area contributed by atoms with Gasteiger partial charge in [-0.15, -0.1) is 0 Å². The van der Waals surface area contributed by atoms with Gasteiger partial charge in [-0.2, -0.15) is 0 Å². The fraction of sp³-hybridized carbons (Fsp3) is 0.500. The van der Waals surface area contributed by atoms with Gasteiger partial charge in [0, 0.05) is 44.6 Å². The van der Waals surface area contributed by atoms with Gasteiger partial charge in [0.25, 0.3) is 5.91 Å². The Morgan fingerprint density at radius 2 is 2.15 bits per heavy atom. The number of ether oxygens (including phenoxy) is 1. The summed E-state index contributed by atoms with van der Waals surface area (Å²) in [5, 5.41) is 5.93. The lowest BCUT2D eigenvalue weighted by Crippen LogP contribution is -2.39. The Morgan fingerprint density at radius 3 is 2.85 bits per heavy atom. The van der Waals surface area contributed by atoms with E-state index < -0.39 is 0 Å². The normalized spacial score (nSPS) is 15.8. The third kappa shape index (κ3) is 3.85. The van der Waals surface area contributed by atoms with Crippen LogP contribution in [0.4, 0.5) is 11.4 Å². The number of hydrogen-bond donors (Lipinski definition) is 3. The minimum atomic E-state index is -0.112. The fourth-order valence-corrected chi connectivity index (χ4v) is 2.21. The van der Waals surface area contributed by atoms with Gasteiger partial charge in [-0.1, -0.05) is 0 Å². The zero-order chi connectivity index (χ0) is 14.4. The molecule has 1 fully saturated rings. The quantitative estimate of drug-likeness (QED) is 0.678. The molecular weight excluding hydrogens is 256 g/mol. The predicted molar refractivity (Wildman–Crippen MR) is 80.0 cm³/mol. The summed E-state index contributed by atoms with van der Waals surface area (Å²) in [6.45, 7) is 5.20. The van der Waals surface area contributed by atoms with Crippen molar-refractivity contribution in [1.82, 2.24) is 10.2 Å². The van der Waals surface area contributed by atoms with Gasteiger partial charge in [-0.05, 0) is 18.2 Å². The molecule has 1 heterocycles. The second-order valence-corrected chi connectivity index (χ2v) is 4.76. The number of amides is 1. The third-order valence-electron chi connectivity index (χ3n) is 3.36. The SMILES string of the molecule is CNC(=O)c1ccc(N)cc1NCCN1CCOCC1. The minimum absolute atomic E-state index is 0.112. The van der Waals surface area contributed by atoms with E-state index in [9.17, 15) is 4.79 Å². The molecule has 0 saturated carbocycles. The van der Waals surface area contributed by atoms with Crippen LogP contribution in [-0.4, -0.2) is 57.2 Å². The van der Waals surface area contributed by atoms with E-state index in [2.05, 4.69) is 15.5 Å². The Bertz CT molecular complexity index is 458. The van der Waals surface area contributed by atoms with Crippen LogP contribution >= 0.6 is 0 Å². The van der Waals surface area contributed by atoms with Crippen LogP contribution in [0.2, 0.25) is 0 Å². The average Bonchev–Trinajstić information content (AvgIpc) is 2.48. The number of carbonyl (C=O) groups excluding carboxylic acids is 1. The molecule has 1 aromatic carbocycles. The number of nitrogen functional groups attached to an aromatic ring is 1. The van der Waals surface area contributed by atoms with Crippen LogP contribution in [-0.2, 0) is 4.74 Å². The van der Waals surface area contributed by atoms with E-state index in [1.54, 1.807) is 25.2 Å². The van der Waals surface area contributed by atoms with Crippen LogP contribution in [0, 0.1) is 0 Å². The summed E-state index contributed by atoms with van der Waals surface area (Å²) in [4.78, 5) is 14.1. The molecule has 20 heavy (non-hydrogen) atoms. The van der Waals surface area contributed by atoms with E-state index >= 15 is 0 Å². The summed E-state index contributed by atoms with van der Waals surface area (Å²) >= 11 is 0. The van der Waals surface area contributed by atoms with Crippen LogP contribution < -0.4 is 16.4 Å². The summed E-state index contributed by atoms with van der Waals surface area (Å²) in [5.74, 6) is -0.112. The van der Waals surface area contributed by atoms with E-state index in [0.717, 1.165) is 45.1 Å². The lowest BCUT2D eigenvalue weighted by molar-refractivity contribution is 0.0398. The number of benzene rings is 1. The molecule has 1 aromatic rings. The van der Waals surface area contributed by atoms with E-state index in [0.29, 0.717) is 11.3 Å². The second-order valence-electron chi connectivity index (χ2n) is 4.76. The van der Waals surface area contributed by atoms with Crippen molar-refractivity contribution in [3.8, 4) is 0 Å². The van der Waals surface area contributed by atoms with Crippen LogP contribution in [0.15, 0.2) is 18.2 Å². The van der Waals surface area contributed by atoms with Gasteiger partial charge < -0.3 is 21.1 Å². The first-order valence-electron chi connectivity index (χ1n) is 6.86. The highest BCUT2D eigenvalue weighted by Gasteiger charge is 2.12. The Morgan fingerprint density at radius 1 is 1.40 bits per heavy atom. The van der Waals surface area contributed by atoms with Gasteiger partial charge in [-0.25, -0.2) is 0 Å². The summed E-state index contributed by atoms with van der Waals surface area (Å²) in [6.07, 6.45) is 0. The predicted octanol–water partition coefficient (Wildman–Crippen LogP) is 0.373. The maximum atomic E-state index is 11.8. The van der Waals surface area contributed by atoms with Crippen molar-refractivity contribution in [1.29, 1.82) is 0 Å². The molecule has 0 aromatic heterocycles. The van der Waals surface area contributed by atoms with Crippen molar-refractivity contribution in [2.75, 3.05) is 57.5 Å². The first-order valence-corrected chi connectivity index (χ1v) is 6.86. The summed E-state index contributed by atoms with van der Waals surface area (Å²) in [6, 6.07) is 5.27. The number of nitrogens with one attached hydrogen (secondary N) is 2. The highest BCUT2D eigenvalue weighted by atomic mass is 16.5. The molecule has 0 radical (unpaired) electrons. The topological polar surface area (TPSA) is 79.6 Å². The molecule has 0 atom stereocenters. The summed E-state index contributed by atoms with van der Waals surface area (Å²) < 4.78 is 5.31. The molecule has 110 valence electrons. The smallest absolute Gasteiger partial charge is 0.253 e. The molecule has 0 aliphatic carbocycles. The fourth-order valence-electron chi connectivity index (χ4n) is 2.21. The molecule has 0 unspecified atom stereocenters. The van der Waals surface area contributed by atoms with Gasteiger partial charge in [0.05, 0.1) is 18.8 Å². The van der Waals surface area contributed by atoms with Crippen molar-refractivity contribution >= 4 is 17.3 Å². The molecule has 1 saturated heterocycles. The molecule has 2 rings (SSSR count). The number of rotatable bonds is 5. The first kappa shape index (κ1) is 14.6. The van der Waals surface area contributed by atoms with Gasteiger partial charge in [0.2, 0.25) is 0 Å². The Hall–Kier alpha value is -1.79. The van der Waals surface area contributed by atoms with E-state index in [1.807, 2.05) is 0 Å². The highest BCUT2D eigenvalue weighted by molar-refractivity contribution is 6.00. The highest BCUT2D eigenvalue weighted by Crippen LogP contribution is 2.19. The van der Waals surface area contributed by atoms with Crippen LogP contribution in [0.3, 0.4) is 0 Å². The van der Waals surface area contributed by atoms with E-state index in [-0.39, 0.29) is 5.91 Å². The molecule has 4 N–H and O–H groups in total. The zero-order valence-corrected chi connectivity index (χ0v) is 11.8. The number of anilines is 2. The number of morpholine rings is 1. The van der Waals surface area contributed by atoms with Gasteiger partial charge in [0.15, 0.2) is 0 Å². The van der Waals surface area contributed by atoms with Crippen LogP contribution in [0.25, 0.3) is 0 Å². The Balaban J connectivity index is 1.93. The van der Waals surface area contributed by atoms with Gasteiger partial charge >= 0.3 is 0 Å². The van der Waals surface area contributed by atoms with Gasteiger partial charge in [-0.3, -0.25) is 9.69 Å². The molecule has 0 bridgehead atoms. The molecule has 1 aliphatic rings. The molecule has 0 spiro atoms. The van der Waals surface area contributed by atoms with Crippen molar-refractivity contribution < 1.29 is 9.53 Å². The van der Waals surface area contributed by atoms with Gasteiger partial charge in [0.1, 0.15) is 0 Å². The standard InChI is InChI=1S/C14H22N4O2/c1-16-14(19)12-3-2-11(15)10-13(12)17-4-5-18-6-8-20-9-7-18/h2-3,10,17H,4-9,15H2,1H3,(H,16,19). The lowest BCUT2D eigenvalue weighted by atomic mass is 10.1. The number of carbonyl (C=O) groups is 1. The molecule has 6 nitrogen and oxygen atoms in total. The summed E-state index contributed by atoms with van der Waals surface area (Å²) in [7, 11) is 1.62. The van der Waals surface area contributed by atoms with Crippen LogP contribution in [0.5, 0.6) is 0 Å². The number of nitrogens with two attached hydrogens (primary N) is 1. The Kier molecular flexibility index (Phi) is 5.20. The molecule has 1 amide bonds. The summed E-state index contributed by atoms with van der Waals surface area (Å²) in [5.41, 5.74) is 7.82. The zero-order valence-electron chi connectivity index (χ0n) is 11.8. The lowest BCUT2D eigenvalue weighted by Gasteiger charge is -2.26.